The minimum atomic E-state index is -0.294. The second-order valence-corrected chi connectivity index (χ2v) is 5.24. The molecule has 3 rings (SSSR count). The molecule has 1 heterocycles. The largest absolute Gasteiger partial charge is 0.348 e. The molecule has 2 aromatic carbocycles. The Labute approximate surface area is 133 Å². The maximum absolute atomic E-state index is 12.0. The van der Waals surface area contributed by atoms with Crippen LogP contribution >= 0.6 is 0 Å². The van der Waals surface area contributed by atoms with Crippen LogP contribution in [0.2, 0.25) is 0 Å². The normalized spacial score (nSPS) is 10.4. The van der Waals surface area contributed by atoms with Crippen LogP contribution in [0.5, 0.6) is 0 Å². The van der Waals surface area contributed by atoms with Crippen LogP contribution in [0.25, 0.3) is 0 Å². The molecular weight excluding hydrogens is 290 g/mol. The Bertz CT molecular complexity index is 870. The highest BCUT2D eigenvalue weighted by Crippen LogP contribution is 2.17. The van der Waals surface area contributed by atoms with E-state index in [1.54, 1.807) is 0 Å². The standard InChI is InChI=1S/C18H17N3O2/c22-17-11-12-18(23)21(19-17)14-20(16-9-5-2-6-10-16)13-15-7-3-1-4-8-15/h1-12H,13-14H2,(H,19,22). The molecule has 0 amide bonds. The third-order valence-corrected chi connectivity index (χ3v) is 3.54. The SMILES string of the molecule is O=c1ccc(=O)n(CN(Cc2ccccc2)c2ccccc2)[nH]1. The Morgan fingerprint density at radius 3 is 2.17 bits per heavy atom. The monoisotopic (exact) mass is 307 g/mol. The van der Waals surface area contributed by atoms with Crippen LogP contribution < -0.4 is 16.0 Å². The molecular formula is C18H17N3O2. The van der Waals surface area contributed by atoms with Gasteiger partial charge in [0.25, 0.3) is 11.1 Å². The zero-order valence-corrected chi connectivity index (χ0v) is 12.6. The summed E-state index contributed by atoms with van der Waals surface area (Å²) < 4.78 is 1.32. The summed E-state index contributed by atoms with van der Waals surface area (Å²) in [6, 6.07) is 22.3. The van der Waals surface area contributed by atoms with Crippen LogP contribution in [0.4, 0.5) is 5.69 Å². The molecule has 0 atom stereocenters. The summed E-state index contributed by atoms with van der Waals surface area (Å²) in [6.45, 7) is 0.905. The molecule has 0 aliphatic carbocycles. The summed E-state index contributed by atoms with van der Waals surface area (Å²) in [5, 5.41) is 2.57. The van der Waals surface area contributed by atoms with E-state index in [1.165, 1.54) is 16.8 Å². The van der Waals surface area contributed by atoms with Crippen molar-refractivity contribution < 1.29 is 0 Å². The van der Waals surface area contributed by atoms with E-state index < -0.39 is 0 Å². The molecule has 0 aliphatic rings. The van der Waals surface area contributed by atoms with E-state index in [2.05, 4.69) is 5.10 Å². The maximum Gasteiger partial charge on any atom is 0.266 e. The van der Waals surface area contributed by atoms with Gasteiger partial charge in [0, 0.05) is 24.4 Å². The summed E-state index contributed by atoms with van der Waals surface area (Å²) in [5.74, 6) is 0. The number of aromatic nitrogens is 2. The Morgan fingerprint density at radius 2 is 1.48 bits per heavy atom. The quantitative estimate of drug-likeness (QED) is 0.786. The molecule has 0 unspecified atom stereocenters. The van der Waals surface area contributed by atoms with Gasteiger partial charge in [0.05, 0.1) is 0 Å². The van der Waals surface area contributed by atoms with E-state index in [4.69, 9.17) is 0 Å². The third kappa shape index (κ3) is 3.77. The summed E-state index contributed by atoms with van der Waals surface area (Å²) in [5.41, 5.74) is 1.58. The Kier molecular flexibility index (Phi) is 4.38. The van der Waals surface area contributed by atoms with Crippen molar-refractivity contribution in [1.82, 2.24) is 9.78 Å². The molecule has 1 aromatic heterocycles. The number of H-pyrrole nitrogens is 1. The molecule has 0 saturated heterocycles. The van der Waals surface area contributed by atoms with Crippen molar-refractivity contribution in [3.63, 3.8) is 0 Å². The van der Waals surface area contributed by atoms with Crippen molar-refractivity contribution in [3.8, 4) is 0 Å². The summed E-state index contributed by atoms with van der Waals surface area (Å²) in [6.07, 6.45) is 0. The molecule has 5 heteroatoms. The minimum absolute atomic E-state index is 0.237. The second-order valence-electron chi connectivity index (χ2n) is 5.24. The van der Waals surface area contributed by atoms with E-state index in [0.717, 1.165) is 11.3 Å². The number of anilines is 1. The Hall–Kier alpha value is -3.08. The fourth-order valence-electron chi connectivity index (χ4n) is 2.40. The van der Waals surface area contributed by atoms with E-state index in [-0.39, 0.29) is 17.8 Å². The van der Waals surface area contributed by atoms with Crippen molar-refractivity contribution in [2.45, 2.75) is 13.2 Å². The highest BCUT2D eigenvalue weighted by molar-refractivity contribution is 5.45. The number of hydrogen-bond donors (Lipinski definition) is 1. The van der Waals surface area contributed by atoms with Gasteiger partial charge in [-0.25, -0.2) is 4.68 Å². The van der Waals surface area contributed by atoms with Crippen LogP contribution in [-0.4, -0.2) is 9.78 Å². The van der Waals surface area contributed by atoms with Gasteiger partial charge in [-0.05, 0) is 17.7 Å². The van der Waals surface area contributed by atoms with Crippen LogP contribution in [-0.2, 0) is 13.2 Å². The molecule has 0 radical (unpaired) electrons. The third-order valence-electron chi connectivity index (χ3n) is 3.54. The predicted octanol–water partition coefficient (Wildman–Crippen LogP) is 2.20. The highest BCUT2D eigenvalue weighted by atomic mass is 16.2. The van der Waals surface area contributed by atoms with E-state index >= 15 is 0 Å². The van der Waals surface area contributed by atoms with Gasteiger partial charge in [-0.1, -0.05) is 48.5 Å². The van der Waals surface area contributed by atoms with E-state index in [9.17, 15) is 9.59 Å². The van der Waals surface area contributed by atoms with Gasteiger partial charge in [0.2, 0.25) is 0 Å². The van der Waals surface area contributed by atoms with Crippen molar-refractivity contribution in [1.29, 1.82) is 0 Å². The molecule has 5 nitrogen and oxygen atoms in total. The fourth-order valence-corrected chi connectivity index (χ4v) is 2.40. The first-order chi connectivity index (χ1) is 11.2. The molecule has 0 saturated carbocycles. The molecule has 116 valence electrons. The van der Waals surface area contributed by atoms with E-state index in [0.29, 0.717) is 6.54 Å². The second kappa shape index (κ2) is 6.79. The molecule has 1 N–H and O–H groups in total. The van der Waals surface area contributed by atoms with Crippen molar-refractivity contribution in [2.75, 3.05) is 4.90 Å². The lowest BCUT2D eigenvalue weighted by molar-refractivity contribution is 0.539. The number of para-hydroxylation sites is 1. The van der Waals surface area contributed by atoms with Gasteiger partial charge in [0.15, 0.2) is 0 Å². The van der Waals surface area contributed by atoms with Crippen molar-refractivity contribution >= 4 is 5.69 Å². The number of benzene rings is 2. The first-order valence-electron chi connectivity index (χ1n) is 7.36. The first-order valence-corrected chi connectivity index (χ1v) is 7.36. The highest BCUT2D eigenvalue weighted by Gasteiger charge is 2.09. The minimum Gasteiger partial charge on any atom is -0.348 e. The van der Waals surface area contributed by atoms with E-state index in [1.807, 2.05) is 65.6 Å². The average Bonchev–Trinajstić information content (AvgIpc) is 2.59. The first kappa shape index (κ1) is 14.8. The summed E-state index contributed by atoms with van der Waals surface area (Å²) in [4.78, 5) is 25.5. The molecule has 0 spiro atoms. The Morgan fingerprint density at radius 1 is 0.826 bits per heavy atom. The lowest BCUT2D eigenvalue weighted by atomic mass is 10.2. The fraction of sp³-hybridized carbons (Fsp3) is 0.111. The smallest absolute Gasteiger partial charge is 0.266 e. The van der Waals surface area contributed by atoms with Crippen LogP contribution in [0.1, 0.15) is 5.56 Å². The molecule has 0 bridgehead atoms. The zero-order valence-electron chi connectivity index (χ0n) is 12.6. The number of hydrogen-bond acceptors (Lipinski definition) is 3. The molecule has 0 aliphatic heterocycles. The van der Waals surface area contributed by atoms with Crippen molar-refractivity contribution in [3.05, 3.63) is 99.1 Å². The molecule has 23 heavy (non-hydrogen) atoms. The Balaban J connectivity index is 1.93. The van der Waals surface area contributed by atoms with Crippen LogP contribution in [0.15, 0.2) is 82.4 Å². The average molecular weight is 307 g/mol. The lowest BCUT2D eigenvalue weighted by Crippen LogP contribution is -2.36. The van der Waals surface area contributed by atoms with Gasteiger partial charge in [-0.3, -0.25) is 14.7 Å². The van der Waals surface area contributed by atoms with Gasteiger partial charge >= 0.3 is 0 Å². The lowest BCUT2D eigenvalue weighted by Gasteiger charge is -2.25. The number of nitrogens with one attached hydrogen (secondary N) is 1. The number of rotatable bonds is 5. The summed E-state index contributed by atoms with van der Waals surface area (Å²) in [7, 11) is 0. The zero-order chi connectivity index (χ0) is 16.1. The molecule has 3 aromatic rings. The van der Waals surface area contributed by atoms with Gasteiger partial charge in [-0.2, -0.15) is 0 Å². The number of nitrogens with zero attached hydrogens (tertiary/aromatic N) is 2. The number of aromatic amines is 1. The van der Waals surface area contributed by atoms with Gasteiger partial charge in [-0.15, -0.1) is 0 Å². The van der Waals surface area contributed by atoms with Crippen molar-refractivity contribution in [2.24, 2.45) is 0 Å². The van der Waals surface area contributed by atoms with Crippen LogP contribution in [0, 0.1) is 0 Å². The van der Waals surface area contributed by atoms with Crippen LogP contribution in [0.3, 0.4) is 0 Å². The van der Waals surface area contributed by atoms with Gasteiger partial charge in [0.1, 0.15) is 6.67 Å². The predicted molar refractivity (Wildman–Crippen MR) is 90.4 cm³/mol. The maximum atomic E-state index is 12.0. The van der Waals surface area contributed by atoms with Gasteiger partial charge < -0.3 is 4.90 Å². The molecule has 0 fully saturated rings. The summed E-state index contributed by atoms with van der Waals surface area (Å²) >= 11 is 0. The topological polar surface area (TPSA) is 58.1 Å².